The van der Waals surface area contributed by atoms with Crippen molar-refractivity contribution in [3.63, 3.8) is 0 Å². The van der Waals surface area contributed by atoms with Crippen LogP contribution >= 0.6 is 0 Å². The second kappa shape index (κ2) is 58.7. The summed E-state index contributed by atoms with van der Waals surface area (Å²) in [4.78, 5) is 38.0. The molecule has 0 heterocycles. The van der Waals surface area contributed by atoms with E-state index in [0.717, 1.165) is 96.3 Å². The predicted octanol–water partition coefficient (Wildman–Crippen LogP) is 20.4. The second-order valence-corrected chi connectivity index (χ2v) is 20.3. The Morgan fingerprint density at radius 2 is 0.514 bits per heavy atom. The van der Waals surface area contributed by atoms with Gasteiger partial charge in [0.15, 0.2) is 6.10 Å². The number of unbranched alkanes of at least 4 members (excludes halogenated alkanes) is 34. The zero-order valence-corrected chi connectivity index (χ0v) is 46.5. The summed E-state index contributed by atoms with van der Waals surface area (Å²) in [5.74, 6) is -0.888. The molecule has 0 bridgehead atoms. The van der Waals surface area contributed by atoms with Crippen molar-refractivity contribution in [1.29, 1.82) is 0 Å². The van der Waals surface area contributed by atoms with Gasteiger partial charge in [-0.2, -0.15) is 0 Å². The molecule has 0 fully saturated rings. The van der Waals surface area contributed by atoms with Gasteiger partial charge in [-0.05, 0) is 89.9 Å². The molecule has 6 nitrogen and oxygen atoms in total. The van der Waals surface area contributed by atoms with E-state index in [9.17, 15) is 14.4 Å². The summed E-state index contributed by atoms with van der Waals surface area (Å²) >= 11 is 0. The lowest BCUT2D eigenvalue weighted by molar-refractivity contribution is -0.167. The largest absolute Gasteiger partial charge is 0.462 e. The van der Waals surface area contributed by atoms with Gasteiger partial charge in [0, 0.05) is 19.3 Å². The van der Waals surface area contributed by atoms with Gasteiger partial charge in [0.05, 0.1) is 0 Å². The van der Waals surface area contributed by atoms with Crippen LogP contribution in [0.15, 0.2) is 60.8 Å². The number of carbonyl (C=O) groups is 3. The lowest BCUT2D eigenvalue weighted by Gasteiger charge is -2.18. The third-order valence-electron chi connectivity index (χ3n) is 13.2. The molecule has 0 amide bonds. The molecule has 6 heteroatoms. The average molecular weight is 980 g/mol. The fourth-order valence-electron chi connectivity index (χ4n) is 8.66. The monoisotopic (exact) mass is 979 g/mol. The minimum Gasteiger partial charge on any atom is -0.462 e. The van der Waals surface area contributed by atoms with Gasteiger partial charge in [-0.25, -0.2) is 0 Å². The SMILES string of the molecule is CCCCCC/C=C\C/C=C\CCCCCCCC(=O)OC(COC(=O)CCCCCCCCC)COC(=O)CCCCCCCCCCCCCCCC/C=C\C/C=C\C/C=C\CCCCCCC. The quantitative estimate of drug-likeness (QED) is 0.0261. The third-order valence-corrected chi connectivity index (χ3v) is 13.2. The van der Waals surface area contributed by atoms with Crippen LogP contribution in [0.25, 0.3) is 0 Å². The first kappa shape index (κ1) is 67.1. The van der Waals surface area contributed by atoms with Crippen LogP contribution in [-0.2, 0) is 28.6 Å². The molecule has 0 aromatic heterocycles. The summed E-state index contributed by atoms with van der Waals surface area (Å²) in [7, 11) is 0. The molecule has 0 aromatic rings. The van der Waals surface area contributed by atoms with Crippen LogP contribution in [0.1, 0.15) is 310 Å². The maximum Gasteiger partial charge on any atom is 0.306 e. The first-order chi connectivity index (χ1) is 34.5. The van der Waals surface area contributed by atoms with Gasteiger partial charge >= 0.3 is 17.9 Å². The molecule has 0 spiro atoms. The van der Waals surface area contributed by atoms with E-state index in [1.165, 1.54) is 173 Å². The Morgan fingerprint density at radius 3 is 0.814 bits per heavy atom. The number of esters is 3. The molecular weight excluding hydrogens is 865 g/mol. The summed E-state index contributed by atoms with van der Waals surface area (Å²) in [6.07, 6.45) is 73.9. The molecule has 1 atom stereocenters. The normalized spacial score (nSPS) is 12.4. The van der Waals surface area contributed by atoms with E-state index in [2.05, 4.69) is 81.5 Å². The highest BCUT2D eigenvalue weighted by molar-refractivity contribution is 5.71. The Morgan fingerprint density at radius 1 is 0.286 bits per heavy atom. The Bertz CT molecular complexity index is 1260. The first-order valence-corrected chi connectivity index (χ1v) is 30.3. The van der Waals surface area contributed by atoms with Crippen LogP contribution in [0, 0.1) is 0 Å². The van der Waals surface area contributed by atoms with Gasteiger partial charge in [-0.3, -0.25) is 14.4 Å². The predicted molar refractivity (Wildman–Crippen MR) is 302 cm³/mol. The van der Waals surface area contributed by atoms with Crippen molar-refractivity contribution in [3.05, 3.63) is 60.8 Å². The van der Waals surface area contributed by atoms with Crippen molar-refractivity contribution in [1.82, 2.24) is 0 Å². The molecule has 0 saturated carbocycles. The standard InChI is InChI=1S/C64H114O6/c1-4-7-10-13-16-18-20-22-24-26-27-28-29-30-31-32-33-34-35-36-37-38-40-41-43-45-48-51-54-57-63(66)69-60-61(59-68-62(65)56-53-50-47-15-12-9-6-3)70-64(67)58-55-52-49-46-44-42-39-25-23-21-19-17-14-11-8-5-2/h19-22,25-27,29-30,39,61H,4-18,23-24,28,31-38,40-60H2,1-3H3/b21-19-,22-20-,27-26-,30-29-,39-25-. The molecule has 0 saturated heterocycles. The van der Waals surface area contributed by atoms with E-state index >= 15 is 0 Å². The van der Waals surface area contributed by atoms with Crippen LogP contribution in [0.2, 0.25) is 0 Å². The molecule has 1 unspecified atom stereocenters. The van der Waals surface area contributed by atoms with Gasteiger partial charge in [-0.15, -0.1) is 0 Å². The van der Waals surface area contributed by atoms with E-state index in [4.69, 9.17) is 14.2 Å². The Balaban J connectivity index is 4.09. The summed E-state index contributed by atoms with van der Waals surface area (Å²) in [6.45, 7) is 6.58. The molecule has 70 heavy (non-hydrogen) atoms. The fraction of sp³-hybridized carbons (Fsp3) is 0.797. The van der Waals surface area contributed by atoms with Crippen molar-refractivity contribution < 1.29 is 28.6 Å². The van der Waals surface area contributed by atoms with Crippen molar-refractivity contribution in [3.8, 4) is 0 Å². The number of ether oxygens (including phenoxy) is 3. The molecule has 0 aliphatic carbocycles. The topological polar surface area (TPSA) is 78.9 Å². The summed E-state index contributed by atoms with van der Waals surface area (Å²) < 4.78 is 16.8. The number of carbonyl (C=O) groups excluding carboxylic acids is 3. The van der Waals surface area contributed by atoms with Crippen LogP contribution in [0.5, 0.6) is 0 Å². The van der Waals surface area contributed by atoms with Gasteiger partial charge in [0.25, 0.3) is 0 Å². The second-order valence-electron chi connectivity index (χ2n) is 20.3. The van der Waals surface area contributed by atoms with E-state index in [1.54, 1.807) is 0 Å². The zero-order valence-electron chi connectivity index (χ0n) is 46.5. The molecule has 406 valence electrons. The Labute approximate surface area is 434 Å². The molecule has 0 rings (SSSR count). The van der Waals surface area contributed by atoms with E-state index in [0.29, 0.717) is 19.3 Å². The third kappa shape index (κ3) is 56.0. The van der Waals surface area contributed by atoms with E-state index in [-0.39, 0.29) is 31.1 Å². The number of hydrogen-bond acceptors (Lipinski definition) is 6. The molecule has 0 aromatic carbocycles. The van der Waals surface area contributed by atoms with Crippen LogP contribution < -0.4 is 0 Å². The lowest BCUT2D eigenvalue weighted by Crippen LogP contribution is -2.30. The smallest absolute Gasteiger partial charge is 0.306 e. The minimum atomic E-state index is -0.778. The van der Waals surface area contributed by atoms with Crippen molar-refractivity contribution >= 4 is 17.9 Å². The highest BCUT2D eigenvalue weighted by Gasteiger charge is 2.19. The molecular formula is C64H114O6. The Hall–Kier alpha value is -2.89. The fourth-order valence-corrected chi connectivity index (χ4v) is 8.66. The minimum absolute atomic E-state index is 0.0779. The van der Waals surface area contributed by atoms with E-state index < -0.39 is 6.10 Å². The highest BCUT2D eigenvalue weighted by Crippen LogP contribution is 2.16. The maximum atomic E-state index is 12.8. The number of allylic oxidation sites excluding steroid dienone is 10. The summed E-state index contributed by atoms with van der Waals surface area (Å²) in [5, 5.41) is 0. The highest BCUT2D eigenvalue weighted by atomic mass is 16.6. The maximum absolute atomic E-state index is 12.8. The summed E-state index contributed by atoms with van der Waals surface area (Å²) in [5.41, 5.74) is 0. The molecule has 0 aliphatic rings. The average Bonchev–Trinajstić information content (AvgIpc) is 3.36. The number of rotatable bonds is 55. The van der Waals surface area contributed by atoms with Gasteiger partial charge in [0.2, 0.25) is 0 Å². The lowest BCUT2D eigenvalue weighted by atomic mass is 10.0. The number of hydrogen-bond donors (Lipinski definition) is 0. The van der Waals surface area contributed by atoms with Crippen molar-refractivity contribution in [2.45, 2.75) is 316 Å². The first-order valence-electron chi connectivity index (χ1n) is 30.3. The van der Waals surface area contributed by atoms with Crippen molar-refractivity contribution in [2.24, 2.45) is 0 Å². The zero-order chi connectivity index (χ0) is 50.7. The Kier molecular flexibility index (Phi) is 56.3. The molecule has 0 radical (unpaired) electrons. The molecule has 0 N–H and O–H groups in total. The van der Waals surface area contributed by atoms with E-state index in [1.807, 2.05) is 0 Å². The van der Waals surface area contributed by atoms with Gasteiger partial charge in [-0.1, -0.05) is 261 Å². The van der Waals surface area contributed by atoms with Gasteiger partial charge < -0.3 is 14.2 Å². The van der Waals surface area contributed by atoms with Gasteiger partial charge in [0.1, 0.15) is 13.2 Å². The molecule has 0 aliphatic heterocycles. The van der Waals surface area contributed by atoms with Crippen LogP contribution in [0.4, 0.5) is 0 Å². The summed E-state index contributed by atoms with van der Waals surface area (Å²) in [6, 6.07) is 0. The van der Waals surface area contributed by atoms with Crippen molar-refractivity contribution in [2.75, 3.05) is 13.2 Å². The van der Waals surface area contributed by atoms with Crippen LogP contribution in [0.3, 0.4) is 0 Å². The van der Waals surface area contributed by atoms with Crippen LogP contribution in [-0.4, -0.2) is 37.2 Å².